The van der Waals surface area contributed by atoms with E-state index in [4.69, 9.17) is 5.11 Å². The summed E-state index contributed by atoms with van der Waals surface area (Å²) in [6.45, 7) is 1.44. The van der Waals surface area contributed by atoms with E-state index in [1.54, 1.807) is 0 Å². The first-order chi connectivity index (χ1) is 5.41. The van der Waals surface area contributed by atoms with Crippen LogP contribution in [0.3, 0.4) is 0 Å². The maximum Gasteiger partial charge on any atom is 0.425 e. The predicted octanol–water partition coefficient (Wildman–Crippen LogP) is 2.82. The average molecular weight is 196 g/mol. The van der Waals surface area contributed by atoms with E-state index in [9.17, 15) is 13.2 Å². The first-order valence-corrected chi connectivity index (χ1v) is 4.08. The summed E-state index contributed by atoms with van der Waals surface area (Å²) in [6, 6.07) is 2.27. The van der Waals surface area contributed by atoms with Gasteiger partial charge in [0, 0.05) is 4.88 Å². The molecule has 0 aliphatic rings. The third-order valence-corrected chi connectivity index (χ3v) is 2.62. The van der Waals surface area contributed by atoms with Crippen molar-refractivity contribution >= 4 is 11.3 Å². The second-order valence-corrected chi connectivity index (χ2v) is 3.49. The number of thiophene rings is 1. The highest BCUT2D eigenvalue weighted by Crippen LogP contribution is 2.36. The van der Waals surface area contributed by atoms with Gasteiger partial charge in [0.25, 0.3) is 0 Å². The van der Waals surface area contributed by atoms with Crippen LogP contribution in [0.2, 0.25) is 0 Å². The Bertz CT molecular complexity index is 264. The van der Waals surface area contributed by atoms with Gasteiger partial charge < -0.3 is 5.11 Å². The molecular formula is C7H7F3OS. The lowest BCUT2D eigenvalue weighted by molar-refractivity contribution is -0.134. The first-order valence-electron chi connectivity index (χ1n) is 3.26. The highest BCUT2D eigenvalue weighted by Gasteiger charge is 2.32. The summed E-state index contributed by atoms with van der Waals surface area (Å²) in [5.41, 5.74) is 0. The lowest BCUT2D eigenvalue weighted by Crippen LogP contribution is -2.00. The molecule has 0 bridgehead atoms. The Kier molecular flexibility index (Phi) is 2.44. The minimum absolute atomic E-state index is 0.335. The van der Waals surface area contributed by atoms with Crippen LogP contribution in [0.1, 0.15) is 22.8 Å². The second kappa shape index (κ2) is 3.06. The summed E-state index contributed by atoms with van der Waals surface area (Å²) in [4.78, 5) is -0.333. The van der Waals surface area contributed by atoms with Crippen LogP contribution in [0, 0.1) is 0 Å². The van der Waals surface area contributed by atoms with Gasteiger partial charge in [-0.3, -0.25) is 0 Å². The maximum atomic E-state index is 12.0. The van der Waals surface area contributed by atoms with E-state index in [0.717, 1.165) is 6.07 Å². The van der Waals surface area contributed by atoms with Gasteiger partial charge in [-0.25, -0.2) is 0 Å². The number of aliphatic hydroxyl groups is 1. The van der Waals surface area contributed by atoms with Crippen molar-refractivity contribution in [3.8, 4) is 0 Å². The van der Waals surface area contributed by atoms with Crippen LogP contribution in [0.15, 0.2) is 12.1 Å². The summed E-state index contributed by atoms with van der Waals surface area (Å²) < 4.78 is 36.0. The molecule has 0 aromatic carbocycles. The number of rotatable bonds is 1. The smallest absolute Gasteiger partial charge is 0.388 e. The number of aliphatic hydroxyl groups excluding tert-OH is 1. The molecule has 1 atom stereocenters. The normalized spacial score (nSPS) is 14.8. The third-order valence-electron chi connectivity index (χ3n) is 1.32. The fourth-order valence-electron chi connectivity index (χ4n) is 0.730. The summed E-state index contributed by atoms with van der Waals surface area (Å²) in [6.07, 6.45) is -5.12. The molecule has 0 aliphatic carbocycles. The van der Waals surface area contributed by atoms with Crippen LogP contribution in [-0.4, -0.2) is 5.11 Å². The fraction of sp³-hybridized carbons (Fsp3) is 0.429. The Morgan fingerprint density at radius 1 is 1.42 bits per heavy atom. The molecular weight excluding hydrogens is 189 g/mol. The van der Waals surface area contributed by atoms with Crippen molar-refractivity contribution in [1.29, 1.82) is 0 Å². The van der Waals surface area contributed by atoms with Gasteiger partial charge in [-0.05, 0) is 19.1 Å². The Labute approximate surface area is 71.5 Å². The van der Waals surface area contributed by atoms with E-state index in [1.807, 2.05) is 0 Å². The van der Waals surface area contributed by atoms with Crippen molar-refractivity contribution in [3.63, 3.8) is 0 Å². The topological polar surface area (TPSA) is 20.2 Å². The van der Waals surface area contributed by atoms with Gasteiger partial charge in [0.15, 0.2) is 0 Å². The standard InChI is InChI=1S/C7H7F3OS/c1-4(11)5-2-3-6(12-5)7(8,9)10/h2-4,11H,1H3/t4-/m0/s1. The molecule has 5 heteroatoms. The average Bonchev–Trinajstić information content (AvgIpc) is 2.30. The Hall–Kier alpha value is -0.550. The number of halogens is 3. The molecule has 0 amide bonds. The summed E-state index contributed by atoms with van der Waals surface area (Å²) in [5.74, 6) is 0. The molecule has 0 saturated carbocycles. The lowest BCUT2D eigenvalue weighted by Gasteiger charge is -2.01. The Morgan fingerprint density at radius 3 is 2.25 bits per heavy atom. The molecule has 68 valence electrons. The highest BCUT2D eigenvalue weighted by molar-refractivity contribution is 7.12. The van der Waals surface area contributed by atoms with E-state index >= 15 is 0 Å². The fourth-order valence-corrected chi connectivity index (χ4v) is 1.54. The number of hydrogen-bond acceptors (Lipinski definition) is 2. The summed E-state index contributed by atoms with van der Waals surface area (Å²) in [5, 5.41) is 8.95. The zero-order valence-corrected chi connectivity index (χ0v) is 7.04. The molecule has 1 N–H and O–H groups in total. The minimum Gasteiger partial charge on any atom is -0.388 e. The molecule has 1 rings (SSSR count). The summed E-state index contributed by atoms with van der Waals surface area (Å²) >= 11 is 0.573. The molecule has 0 spiro atoms. The van der Waals surface area contributed by atoms with Gasteiger partial charge >= 0.3 is 6.18 Å². The molecule has 0 fully saturated rings. The van der Waals surface area contributed by atoms with Crippen molar-refractivity contribution in [1.82, 2.24) is 0 Å². The highest BCUT2D eigenvalue weighted by atomic mass is 32.1. The minimum atomic E-state index is -4.29. The quantitative estimate of drug-likeness (QED) is 0.732. The van der Waals surface area contributed by atoms with Crippen LogP contribution in [0.5, 0.6) is 0 Å². The first kappa shape index (κ1) is 9.54. The van der Waals surface area contributed by atoms with Gasteiger partial charge in [-0.1, -0.05) is 0 Å². The van der Waals surface area contributed by atoms with Crippen molar-refractivity contribution in [3.05, 3.63) is 21.9 Å². The Morgan fingerprint density at radius 2 is 2.00 bits per heavy atom. The van der Waals surface area contributed by atoms with Crippen molar-refractivity contribution in [2.75, 3.05) is 0 Å². The molecule has 1 nitrogen and oxygen atoms in total. The molecule has 1 aromatic rings. The monoisotopic (exact) mass is 196 g/mol. The third kappa shape index (κ3) is 1.98. The number of alkyl halides is 3. The molecule has 0 saturated heterocycles. The van der Waals surface area contributed by atoms with E-state index in [2.05, 4.69) is 0 Å². The van der Waals surface area contributed by atoms with Crippen LogP contribution < -0.4 is 0 Å². The molecule has 0 aliphatic heterocycles. The largest absolute Gasteiger partial charge is 0.425 e. The molecule has 0 radical (unpaired) electrons. The number of hydrogen-bond donors (Lipinski definition) is 1. The van der Waals surface area contributed by atoms with Gasteiger partial charge in [0.2, 0.25) is 0 Å². The van der Waals surface area contributed by atoms with Gasteiger partial charge in [0.05, 0.1) is 6.10 Å². The van der Waals surface area contributed by atoms with Crippen LogP contribution in [-0.2, 0) is 6.18 Å². The second-order valence-electron chi connectivity index (χ2n) is 2.38. The van der Waals surface area contributed by atoms with Crippen molar-refractivity contribution in [2.24, 2.45) is 0 Å². The summed E-state index contributed by atoms with van der Waals surface area (Å²) in [7, 11) is 0. The zero-order chi connectivity index (χ0) is 9.35. The van der Waals surface area contributed by atoms with Gasteiger partial charge in [0.1, 0.15) is 4.88 Å². The Balaban J connectivity index is 2.92. The lowest BCUT2D eigenvalue weighted by atomic mass is 10.3. The molecule has 12 heavy (non-hydrogen) atoms. The van der Waals surface area contributed by atoms with Gasteiger partial charge in [-0.15, -0.1) is 11.3 Å². The maximum absolute atomic E-state index is 12.0. The van der Waals surface area contributed by atoms with E-state index < -0.39 is 17.2 Å². The molecule has 1 aromatic heterocycles. The molecule has 0 unspecified atom stereocenters. The van der Waals surface area contributed by atoms with E-state index in [-0.39, 0.29) is 0 Å². The predicted molar refractivity (Wildman–Crippen MR) is 40.0 cm³/mol. The van der Waals surface area contributed by atoms with Gasteiger partial charge in [-0.2, -0.15) is 13.2 Å². The van der Waals surface area contributed by atoms with Crippen molar-refractivity contribution < 1.29 is 18.3 Å². The molecule has 1 heterocycles. The van der Waals surface area contributed by atoms with Crippen molar-refractivity contribution in [2.45, 2.75) is 19.2 Å². The van der Waals surface area contributed by atoms with Crippen LogP contribution in [0.25, 0.3) is 0 Å². The van der Waals surface area contributed by atoms with E-state index in [0.29, 0.717) is 16.2 Å². The van der Waals surface area contributed by atoms with Crippen LogP contribution in [0.4, 0.5) is 13.2 Å². The SMILES string of the molecule is C[C@H](O)c1ccc(C(F)(F)F)s1. The zero-order valence-electron chi connectivity index (χ0n) is 6.22. The van der Waals surface area contributed by atoms with Crippen LogP contribution >= 0.6 is 11.3 Å². The van der Waals surface area contributed by atoms with E-state index in [1.165, 1.54) is 13.0 Å².